The first-order valence-electron chi connectivity index (χ1n) is 9.38. The predicted octanol–water partition coefficient (Wildman–Crippen LogP) is 2.38. The number of carbonyl (C=O) groups excluding carboxylic acids is 1. The molecule has 0 radical (unpaired) electrons. The molecule has 0 bridgehead atoms. The first kappa shape index (κ1) is 23.8. The van der Waals surface area contributed by atoms with Gasteiger partial charge in [-0.05, 0) is 6.42 Å². The third-order valence-electron chi connectivity index (χ3n) is 3.54. The van der Waals surface area contributed by atoms with E-state index in [1.807, 2.05) is 0 Å². The number of unbranched alkanes of at least 4 members (excludes halogenated alkanes) is 7. The summed E-state index contributed by atoms with van der Waals surface area (Å²) in [5.41, 5.74) is 0. The standard InChI is InChI=1S/C18H35NO6/c1-2-3-4-5-6-7-8-9-11-23-13-14-24-12-10-19-17(20)15-25-16-18(21)22/h2-16H2,1H3,(H,19,20)(H,21,22). The molecule has 0 spiro atoms. The molecule has 0 aliphatic heterocycles. The van der Waals surface area contributed by atoms with E-state index in [1.165, 1.54) is 44.9 Å². The average Bonchev–Trinajstić information content (AvgIpc) is 2.58. The number of nitrogens with one attached hydrogen (secondary N) is 1. The number of ether oxygens (including phenoxy) is 3. The Labute approximate surface area is 151 Å². The summed E-state index contributed by atoms with van der Waals surface area (Å²) in [4.78, 5) is 21.4. The molecule has 0 atom stereocenters. The van der Waals surface area contributed by atoms with Gasteiger partial charge in [0.2, 0.25) is 5.91 Å². The molecule has 0 aromatic carbocycles. The Hall–Kier alpha value is -1.18. The fourth-order valence-electron chi connectivity index (χ4n) is 2.20. The van der Waals surface area contributed by atoms with E-state index in [1.54, 1.807) is 0 Å². The highest BCUT2D eigenvalue weighted by atomic mass is 16.5. The molecule has 0 aliphatic carbocycles. The van der Waals surface area contributed by atoms with Crippen molar-refractivity contribution in [2.45, 2.75) is 58.3 Å². The molecule has 0 aromatic rings. The first-order chi connectivity index (χ1) is 12.2. The molecule has 0 saturated heterocycles. The van der Waals surface area contributed by atoms with Gasteiger partial charge in [0.25, 0.3) is 0 Å². The Morgan fingerprint density at radius 1 is 0.760 bits per heavy atom. The van der Waals surface area contributed by atoms with Crippen LogP contribution in [0.1, 0.15) is 58.3 Å². The Bertz CT molecular complexity index is 325. The summed E-state index contributed by atoms with van der Waals surface area (Å²) in [6.45, 7) is 4.11. The molecule has 2 N–H and O–H groups in total. The van der Waals surface area contributed by atoms with E-state index in [4.69, 9.17) is 14.6 Å². The number of carboxylic acids is 1. The molecular formula is C18H35NO6. The van der Waals surface area contributed by atoms with Crippen LogP contribution in [-0.4, -0.2) is 63.2 Å². The molecule has 0 aliphatic rings. The summed E-state index contributed by atoms with van der Waals surface area (Å²) in [6.07, 6.45) is 10.3. The second kappa shape index (κ2) is 19.1. The SMILES string of the molecule is CCCCCCCCCCOCCOCCNC(=O)COCC(=O)O. The van der Waals surface area contributed by atoms with Gasteiger partial charge in [-0.1, -0.05) is 51.9 Å². The number of carboxylic acid groups (broad SMARTS) is 1. The Balaban J connectivity index is 3.11. The lowest BCUT2D eigenvalue weighted by Crippen LogP contribution is -2.31. The van der Waals surface area contributed by atoms with Gasteiger partial charge in [-0.25, -0.2) is 4.79 Å². The van der Waals surface area contributed by atoms with Crippen molar-refractivity contribution in [2.75, 3.05) is 46.2 Å². The van der Waals surface area contributed by atoms with Crippen LogP contribution < -0.4 is 5.32 Å². The summed E-state index contributed by atoms with van der Waals surface area (Å²) >= 11 is 0. The minimum Gasteiger partial charge on any atom is -0.480 e. The fraction of sp³-hybridized carbons (Fsp3) is 0.889. The normalized spacial score (nSPS) is 10.8. The van der Waals surface area contributed by atoms with Crippen molar-refractivity contribution < 1.29 is 28.9 Å². The molecule has 0 heterocycles. The van der Waals surface area contributed by atoms with E-state index in [0.717, 1.165) is 13.0 Å². The highest BCUT2D eigenvalue weighted by Crippen LogP contribution is 2.08. The van der Waals surface area contributed by atoms with Gasteiger partial charge < -0.3 is 24.6 Å². The van der Waals surface area contributed by atoms with E-state index in [9.17, 15) is 9.59 Å². The minimum absolute atomic E-state index is 0.256. The zero-order valence-electron chi connectivity index (χ0n) is 15.6. The molecule has 7 heteroatoms. The molecule has 0 fully saturated rings. The number of carbonyl (C=O) groups is 2. The quantitative estimate of drug-likeness (QED) is 0.343. The summed E-state index contributed by atoms with van der Waals surface area (Å²) in [7, 11) is 0. The average molecular weight is 361 g/mol. The van der Waals surface area contributed by atoms with Crippen LogP contribution in [-0.2, 0) is 23.8 Å². The van der Waals surface area contributed by atoms with Crippen molar-refractivity contribution in [2.24, 2.45) is 0 Å². The largest absolute Gasteiger partial charge is 0.480 e. The van der Waals surface area contributed by atoms with Crippen molar-refractivity contribution in [3.8, 4) is 0 Å². The fourth-order valence-corrected chi connectivity index (χ4v) is 2.20. The monoisotopic (exact) mass is 361 g/mol. The summed E-state index contributed by atoms with van der Waals surface area (Å²) in [6, 6.07) is 0. The van der Waals surface area contributed by atoms with E-state index in [2.05, 4.69) is 17.0 Å². The van der Waals surface area contributed by atoms with Crippen molar-refractivity contribution >= 4 is 11.9 Å². The predicted molar refractivity (Wildman–Crippen MR) is 95.7 cm³/mol. The van der Waals surface area contributed by atoms with Crippen LogP contribution in [0.3, 0.4) is 0 Å². The van der Waals surface area contributed by atoms with Gasteiger partial charge in [-0.15, -0.1) is 0 Å². The van der Waals surface area contributed by atoms with Crippen molar-refractivity contribution in [3.63, 3.8) is 0 Å². The maximum absolute atomic E-state index is 11.2. The molecular weight excluding hydrogens is 326 g/mol. The second-order valence-electron chi connectivity index (χ2n) is 5.94. The highest BCUT2D eigenvalue weighted by molar-refractivity contribution is 5.77. The van der Waals surface area contributed by atoms with Gasteiger partial charge in [-0.3, -0.25) is 4.79 Å². The molecule has 1 amide bonds. The summed E-state index contributed by atoms with van der Waals surface area (Å²) in [5, 5.41) is 10.9. The van der Waals surface area contributed by atoms with Crippen LogP contribution in [0.15, 0.2) is 0 Å². The number of aliphatic carboxylic acids is 1. The number of hydrogen-bond acceptors (Lipinski definition) is 5. The van der Waals surface area contributed by atoms with Gasteiger partial charge in [0.1, 0.15) is 13.2 Å². The molecule has 25 heavy (non-hydrogen) atoms. The maximum Gasteiger partial charge on any atom is 0.329 e. The smallest absolute Gasteiger partial charge is 0.329 e. The maximum atomic E-state index is 11.2. The first-order valence-corrected chi connectivity index (χ1v) is 9.38. The van der Waals surface area contributed by atoms with Crippen molar-refractivity contribution in [1.82, 2.24) is 5.32 Å². The summed E-state index contributed by atoms with van der Waals surface area (Å²) in [5.74, 6) is -1.45. The summed E-state index contributed by atoms with van der Waals surface area (Å²) < 4.78 is 15.5. The van der Waals surface area contributed by atoms with Crippen molar-refractivity contribution in [3.05, 3.63) is 0 Å². The zero-order valence-corrected chi connectivity index (χ0v) is 15.6. The van der Waals surface area contributed by atoms with Gasteiger partial charge in [0.05, 0.1) is 19.8 Å². The lowest BCUT2D eigenvalue weighted by molar-refractivity contribution is -0.143. The number of amides is 1. The van der Waals surface area contributed by atoms with Gasteiger partial charge in [0.15, 0.2) is 0 Å². The molecule has 0 rings (SSSR count). The molecule has 7 nitrogen and oxygen atoms in total. The van der Waals surface area contributed by atoms with Crippen molar-refractivity contribution in [1.29, 1.82) is 0 Å². The van der Waals surface area contributed by atoms with Crippen LogP contribution in [0.25, 0.3) is 0 Å². The topological polar surface area (TPSA) is 94.1 Å². The van der Waals surface area contributed by atoms with Crippen LogP contribution in [0.4, 0.5) is 0 Å². The van der Waals surface area contributed by atoms with E-state index in [-0.39, 0.29) is 12.5 Å². The molecule has 0 unspecified atom stereocenters. The van der Waals surface area contributed by atoms with Crippen LogP contribution in [0, 0.1) is 0 Å². The Morgan fingerprint density at radius 2 is 1.36 bits per heavy atom. The van der Waals surface area contributed by atoms with Gasteiger partial charge in [0, 0.05) is 13.2 Å². The highest BCUT2D eigenvalue weighted by Gasteiger charge is 2.02. The molecule has 148 valence electrons. The van der Waals surface area contributed by atoms with E-state index >= 15 is 0 Å². The van der Waals surface area contributed by atoms with Gasteiger partial charge in [-0.2, -0.15) is 0 Å². The lowest BCUT2D eigenvalue weighted by Gasteiger charge is -2.07. The zero-order chi connectivity index (χ0) is 18.6. The van der Waals surface area contributed by atoms with E-state index < -0.39 is 12.6 Å². The number of hydrogen-bond donors (Lipinski definition) is 2. The van der Waals surface area contributed by atoms with Crippen LogP contribution >= 0.6 is 0 Å². The lowest BCUT2D eigenvalue weighted by atomic mass is 10.1. The third kappa shape index (κ3) is 20.8. The molecule has 0 saturated carbocycles. The Kier molecular flexibility index (Phi) is 18.2. The van der Waals surface area contributed by atoms with E-state index in [0.29, 0.717) is 26.4 Å². The van der Waals surface area contributed by atoms with Crippen LogP contribution in [0.5, 0.6) is 0 Å². The van der Waals surface area contributed by atoms with Crippen LogP contribution in [0.2, 0.25) is 0 Å². The van der Waals surface area contributed by atoms with Gasteiger partial charge >= 0.3 is 5.97 Å². The third-order valence-corrected chi connectivity index (χ3v) is 3.54. The Morgan fingerprint density at radius 3 is 2.00 bits per heavy atom. The second-order valence-corrected chi connectivity index (χ2v) is 5.94. The minimum atomic E-state index is -1.09. The molecule has 0 aromatic heterocycles. The number of rotatable bonds is 19.